The normalized spacial score (nSPS) is 13.7. The molecule has 0 saturated carbocycles. The van der Waals surface area contributed by atoms with Crippen molar-refractivity contribution in [2.24, 2.45) is 0 Å². The Hall–Kier alpha value is -3.23. The molecule has 2 unspecified atom stereocenters. The first-order chi connectivity index (χ1) is 26.1. The van der Waals surface area contributed by atoms with Crippen LogP contribution in [-0.4, -0.2) is 80.6 Å². The van der Waals surface area contributed by atoms with Gasteiger partial charge in [0.1, 0.15) is 6.61 Å². The number of hydrogen-bond donors (Lipinski definition) is 1. The number of allylic oxidation sites excluding steroid dienone is 12. The van der Waals surface area contributed by atoms with Crippen LogP contribution in [0.15, 0.2) is 72.9 Å². The standard InChI is InChI=1S/C46H77NO7/c1-6-8-10-12-14-16-18-19-20-21-22-23-24-25-27-28-30-32-34-36-44(48)53-41-42(40-52-39-38-43(46(50)51)47(3,4)5)54-45(49)37-35-33-31-29-26-17-15-13-11-9-7-2/h8,10,14,16,19-20,22-23,25,27,30,32,42-43H,6-7,9,11-13,15,17-18,21,24,26,28-29,31,33-41H2,1-5H3/p+1/b10-8+,16-14+,20-19+,23-22+,27-25+,32-30+. The highest BCUT2D eigenvalue weighted by atomic mass is 16.6. The van der Waals surface area contributed by atoms with Crippen molar-refractivity contribution in [2.75, 3.05) is 41.0 Å². The molecule has 0 saturated heterocycles. The topological polar surface area (TPSA) is 99.1 Å². The predicted octanol–water partition coefficient (Wildman–Crippen LogP) is 11.2. The highest BCUT2D eigenvalue weighted by Gasteiger charge is 2.31. The number of rotatable bonds is 36. The maximum atomic E-state index is 12.7. The second kappa shape index (κ2) is 36.7. The Morgan fingerprint density at radius 2 is 1.04 bits per heavy atom. The molecule has 0 aliphatic heterocycles. The van der Waals surface area contributed by atoms with Crippen molar-refractivity contribution in [3.63, 3.8) is 0 Å². The van der Waals surface area contributed by atoms with E-state index in [1.807, 2.05) is 33.3 Å². The van der Waals surface area contributed by atoms with Gasteiger partial charge in [-0.2, -0.15) is 0 Å². The second-order valence-corrected chi connectivity index (χ2v) is 14.9. The number of likely N-dealkylation sites (N-methyl/N-ethyl adjacent to an activating group) is 1. The van der Waals surface area contributed by atoms with Crippen molar-refractivity contribution in [1.82, 2.24) is 0 Å². The third-order valence-electron chi connectivity index (χ3n) is 8.88. The van der Waals surface area contributed by atoms with Crippen molar-refractivity contribution >= 4 is 17.9 Å². The predicted molar refractivity (Wildman–Crippen MR) is 224 cm³/mol. The minimum atomic E-state index is -0.887. The fraction of sp³-hybridized carbons (Fsp3) is 0.674. The summed E-state index contributed by atoms with van der Waals surface area (Å²) in [7, 11) is 5.49. The van der Waals surface area contributed by atoms with Gasteiger partial charge in [0.2, 0.25) is 0 Å². The SMILES string of the molecule is CC/C=C/C/C=C/C/C=C/C/C=C/C/C=C/C/C=C/CCC(=O)OCC(COCCC(C(=O)O)[N+](C)(C)C)OC(=O)CCCCCCCCCCCCC. The van der Waals surface area contributed by atoms with E-state index in [2.05, 4.69) is 74.6 Å². The molecule has 0 amide bonds. The number of unbranched alkanes of at least 4 members (excludes halogenated alkanes) is 10. The van der Waals surface area contributed by atoms with Gasteiger partial charge in [0.15, 0.2) is 12.1 Å². The Morgan fingerprint density at radius 3 is 1.50 bits per heavy atom. The van der Waals surface area contributed by atoms with Crippen LogP contribution in [-0.2, 0) is 28.6 Å². The number of carboxylic acid groups (broad SMARTS) is 1. The van der Waals surface area contributed by atoms with Crippen molar-refractivity contribution in [3.8, 4) is 0 Å². The molecule has 308 valence electrons. The van der Waals surface area contributed by atoms with E-state index in [1.165, 1.54) is 51.4 Å². The lowest BCUT2D eigenvalue weighted by Crippen LogP contribution is -2.50. The van der Waals surface area contributed by atoms with Gasteiger partial charge in [-0.3, -0.25) is 9.59 Å². The average Bonchev–Trinajstić information content (AvgIpc) is 3.12. The lowest BCUT2D eigenvalue weighted by Gasteiger charge is -2.31. The molecule has 0 aliphatic rings. The molecule has 0 bridgehead atoms. The summed E-state index contributed by atoms with van der Waals surface area (Å²) < 4.78 is 17.1. The smallest absolute Gasteiger partial charge is 0.362 e. The van der Waals surface area contributed by atoms with Crippen LogP contribution in [0.4, 0.5) is 0 Å². The number of quaternary nitrogens is 1. The van der Waals surface area contributed by atoms with E-state index >= 15 is 0 Å². The molecule has 0 heterocycles. The molecule has 0 aromatic heterocycles. The zero-order valence-electron chi connectivity index (χ0n) is 34.9. The third-order valence-corrected chi connectivity index (χ3v) is 8.88. The van der Waals surface area contributed by atoms with E-state index in [0.717, 1.165) is 57.8 Å². The van der Waals surface area contributed by atoms with Gasteiger partial charge in [-0.05, 0) is 51.4 Å². The van der Waals surface area contributed by atoms with Crippen molar-refractivity contribution in [2.45, 2.75) is 161 Å². The zero-order valence-corrected chi connectivity index (χ0v) is 34.9. The first kappa shape index (κ1) is 50.8. The molecule has 2 atom stereocenters. The second-order valence-electron chi connectivity index (χ2n) is 14.9. The van der Waals surface area contributed by atoms with Gasteiger partial charge in [-0.1, -0.05) is 151 Å². The Bertz CT molecular complexity index is 1110. The summed E-state index contributed by atoms with van der Waals surface area (Å²) in [4.78, 5) is 36.8. The Labute approximate surface area is 330 Å². The van der Waals surface area contributed by atoms with Crippen LogP contribution in [0.1, 0.15) is 149 Å². The van der Waals surface area contributed by atoms with Crippen LogP contribution in [0.2, 0.25) is 0 Å². The Balaban J connectivity index is 4.48. The van der Waals surface area contributed by atoms with E-state index in [1.54, 1.807) is 0 Å². The summed E-state index contributed by atoms with van der Waals surface area (Å²) in [6, 6.07) is -0.626. The molecular formula is C46H78NO7+. The molecular weight excluding hydrogens is 679 g/mol. The molecule has 8 heteroatoms. The average molecular weight is 757 g/mol. The summed E-state index contributed by atoms with van der Waals surface area (Å²) in [5, 5.41) is 9.60. The molecule has 0 fully saturated rings. The van der Waals surface area contributed by atoms with Gasteiger partial charge >= 0.3 is 17.9 Å². The number of carboxylic acids is 1. The van der Waals surface area contributed by atoms with Crippen LogP contribution in [0.25, 0.3) is 0 Å². The molecule has 0 aromatic rings. The fourth-order valence-electron chi connectivity index (χ4n) is 5.65. The van der Waals surface area contributed by atoms with E-state index in [0.29, 0.717) is 19.3 Å². The van der Waals surface area contributed by atoms with Crippen LogP contribution < -0.4 is 0 Å². The minimum Gasteiger partial charge on any atom is -0.477 e. The Morgan fingerprint density at radius 1 is 0.574 bits per heavy atom. The number of carbonyl (C=O) groups excluding carboxylic acids is 2. The third kappa shape index (κ3) is 34.5. The summed E-state index contributed by atoms with van der Waals surface area (Å²) >= 11 is 0. The number of nitrogens with zero attached hydrogens (tertiary/aromatic N) is 1. The number of hydrogen-bond acceptors (Lipinski definition) is 6. The lowest BCUT2D eigenvalue weighted by atomic mass is 10.1. The first-order valence-corrected chi connectivity index (χ1v) is 21.0. The van der Waals surface area contributed by atoms with Crippen molar-refractivity contribution in [3.05, 3.63) is 72.9 Å². The molecule has 54 heavy (non-hydrogen) atoms. The molecule has 0 spiro atoms. The van der Waals surface area contributed by atoms with Crippen molar-refractivity contribution < 1.29 is 38.2 Å². The summed E-state index contributed by atoms with van der Waals surface area (Å²) in [5.74, 6) is -1.58. The van der Waals surface area contributed by atoms with Gasteiger partial charge in [0.05, 0.1) is 34.4 Å². The molecule has 1 N–H and O–H groups in total. The Kier molecular flexibility index (Phi) is 34.5. The van der Waals surface area contributed by atoms with Crippen LogP contribution >= 0.6 is 0 Å². The minimum absolute atomic E-state index is 0.0356. The maximum absolute atomic E-state index is 12.7. The van der Waals surface area contributed by atoms with Crippen LogP contribution in [0.5, 0.6) is 0 Å². The highest BCUT2D eigenvalue weighted by molar-refractivity contribution is 5.72. The molecule has 8 nitrogen and oxygen atoms in total. The molecule has 0 radical (unpaired) electrons. The first-order valence-electron chi connectivity index (χ1n) is 21.0. The monoisotopic (exact) mass is 757 g/mol. The maximum Gasteiger partial charge on any atom is 0.362 e. The van der Waals surface area contributed by atoms with E-state index in [9.17, 15) is 19.5 Å². The van der Waals surface area contributed by atoms with Crippen LogP contribution in [0, 0.1) is 0 Å². The summed E-state index contributed by atoms with van der Waals surface area (Å²) in [5.41, 5.74) is 0. The molecule has 0 aromatic carbocycles. The van der Waals surface area contributed by atoms with Gasteiger partial charge < -0.3 is 23.8 Å². The fourth-order valence-corrected chi connectivity index (χ4v) is 5.65. The largest absolute Gasteiger partial charge is 0.477 e. The van der Waals surface area contributed by atoms with Gasteiger partial charge in [-0.25, -0.2) is 4.79 Å². The van der Waals surface area contributed by atoms with Gasteiger partial charge in [-0.15, -0.1) is 0 Å². The van der Waals surface area contributed by atoms with Gasteiger partial charge in [0.25, 0.3) is 0 Å². The van der Waals surface area contributed by atoms with Crippen LogP contribution in [0.3, 0.4) is 0 Å². The quantitative estimate of drug-likeness (QED) is 0.0294. The zero-order chi connectivity index (χ0) is 40.0. The number of aliphatic carboxylic acids is 1. The highest BCUT2D eigenvalue weighted by Crippen LogP contribution is 2.13. The van der Waals surface area contributed by atoms with Crippen molar-refractivity contribution in [1.29, 1.82) is 0 Å². The molecule has 0 aliphatic carbocycles. The summed E-state index contributed by atoms with van der Waals surface area (Å²) in [6.07, 6.45) is 45.3. The summed E-state index contributed by atoms with van der Waals surface area (Å²) in [6.45, 7) is 4.51. The van der Waals surface area contributed by atoms with E-state index < -0.39 is 18.1 Å². The lowest BCUT2D eigenvalue weighted by molar-refractivity contribution is -0.887. The molecule has 0 rings (SSSR count). The number of ether oxygens (including phenoxy) is 3. The van der Waals surface area contributed by atoms with Gasteiger partial charge in [0, 0.05) is 19.3 Å². The number of carbonyl (C=O) groups is 3. The number of esters is 2. The van der Waals surface area contributed by atoms with E-state index in [4.69, 9.17) is 14.2 Å². The van der Waals surface area contributed by atoms with E-state index in [-0.39, 0.29) is 42.7 Å².